The Labute approximate surface area is 102 Å². The van der Waals surface area contributed by atoms with E-state index in [0.29, 0.717) is 13.0 Å². The average molecular weight is 282 g/mol. The van der Waals surface area contributed by atoms with Crippen molar-refractivity contribution < 1.29 is 5.11 Å². The summed E-state index contributed by atoms with van der Waals surface area (Å²) >= 11 is 3.48. The number of rotatable bonds is 4. The summed E-state index contributed by atoms with van der Waals surface area (Å²) in [7, 11) is 0. The lowest BCUT2D eigenvalue weighted by molar-refractivity contribution is 0.276. The molecule has 2 rings (SSSR count). The Bertz CT molecular complexity index is 470. The van der Waals surface area contributed by atoms with Gasteiger partial charge in [-0.05, 0) is 12.5 Å². The molecule has 0 spiro atoms. The van der Waals surface area contributed by atoms with Crippen LogP contribution in [0.15, 0.2) is 34.9 Å². The van der Waals surface area contributed by atoms with Gasteiger partial charge in [-0.15, -0.1) is 5.10 Å². The molecule has 1 aromatic heterocycles. The quantitative estimate of drug-likeness (QED) is 0.934. The molecule has 0 amide bonds. The fourth-order valence-electron chi connectivity index (χ4n) is 1.43. The highest BCUT2D eigenvalue weighted by Crippen LogP contribution is 2.25. The molecule has 1 heterocycles. The first-order chi connectivity index (χ1) is 7.81. The maximum atomic E-state index is 8.73. The van der Waals surface area contributed by atoms with Crippen LogP contribution in [0.3, 0.4) is 0 Å². The second-order valence-corrected chi connectivity index (χ2v) is 4.28. The molecule has 0 bridgehead atoms. The minimum Gasteiger partial charge on any atom is -0.396 e. The molecule has 4 nitrogen and oxygen atoms in total. The number of aliphatic hydroxyl groups is 1. The Morgan fingerprint density at radius 3 is 2.88 bits per heavy atom. The molecule has 0 fully saturated rings. The zero-order valence-electron chi connectivity index (χ0n) is 8.67. The second-order valence-electron chi connectivity index (χ2n) is 3.42. The zero-order chi connectivity index (χ0) is 11.4. The Morgan fingerprint density at radius 1 is 1.31 bits per heavy atom. The lowest BCUT2D eigenvalue weighted by Crippen LogP contribution is -2.00. The molecule has 5 heteroatoms. The van der Waals surface area contributed by atoms with Gasteiger partial charge in [0.1, 0.15) is 5.69 Å². The van der Waals surface area contributed by atoms with E-state index in [9.17, 15) is 0 Å². The zero-order valence-corrected chi connectivity index (χ0v) is 10.3. The molecule has 0 aliphatic heterocycles. The maximum absolute atomic E-state index is 8.73. The Morgan fingerprint density at radius 2 is 2.12 bits per heavy atom. The molecule has 0 unspecified atom stereocenters. The van der Waals surface area contributed by atoms with E-state index in [0.717, 1.165) is 15.7 Å². The third-order valence-corrected chi connectivity index (χ3v) is 2.93. The van der Waals surface area contributed by atoms with Crippen LogP contribution in [0.2, 0.25) is 0 Å². The lowest BCUT2D eigenvalue weighted by Gasteiger charge is -1.98. The van der Waals surface area contributed by atoms with Crippen LogP contribution in [-0.4, -0.2) is 26.7 Å². The van der Waals surface area contributed by atoms with E-state index in [4.69, 9.17) is 5.11 Å². The Kier molecular flexibility index (Phi) is 3.69. The molecular weight excluding hydrogens is 270 g/mol. The first-order valence-electron chi connectivity index (χ1n) is 5.07. The number of aromatic nitrogens is 3. The van der Waals surface area contributed by atoms with Crippen molar-refractivity contribution in [3.05, 3.63) is 34.9 Å². The highest BCUT2D eigenvalue weighted by Gasteiger charge is 2.06. The van der Waals surface area contributed by atoms with Crippen LogP contribution >= 0.6 is 15.9 Å². The summed E-state index contributed by atoms with van der Waals surface area (Å²) in [6.07, 6.45) is 2.58. The van der Waals surface area contributed by atoms with Crippen molar-refractivity contribution in [1.29, 1.82) is 0 Å². The lowest BCUT2D eigenvalue weighted by atomic mass is 10.2. The standard InChI is InChI=1S/C11H12BrN3O/c12-10-5-2-1-4-9(10)11-8-15(14-13-11)6-3-7-16/h1-2,4-5,8,16H,3,6-7H2. The number of halogens is 1. The van der Waals surface area contributed by atoms with Gasteiger partial charge in [-0.3, -0.25) is 4.68 Å². The van der Waals surface area contributed by atoms with Crippen LogP contribution in [0.5, 0.6) is 0 Å². The van der Waals surface area contributed by atoms with Crippen LogP contribution in [0.25, 0.3) is 11.3 Å². The van der Waals surface area contributed by atoms with Gasteiger partial charge in [0.05, 0.1) is 6.20 Å². The third kappa shape index (κ3) is 2.48. The van der Waals surface area contributed by atoms with Crippen molar-refractivity contribution in [2.24, 2.45) is 0 Å². The van der Waals surface area contributed by atoms with Gasteiger partial charge in [-0.2, -0.15) is 0 Å². The fourth-order valence-corrected chi connectivity index (χ4v) is 1.92. The predicted molar refractivity (Wildman–Crippen MR) is 64.9 cm³/mol. The summed E-state index contributed by atoms with van der Waals surface area (Å²) in [5.41, 5.74) is 1.86. The van der Waals surface area contributed by atoms with Crippen molar-refractivity contribution in [3.63, 3.8) is 0 Å². The molecule has 0 saturated carbocycles. The van der Waals surface area contributed by atoms with Crippen LogP contribution in [0.4, 0.5) is 0 Å². The molecule has 0 atom stereocenters. The van der Waals surface area contributed by atoms with E-state index in [1.165, 1.54) is 0 Å². The summed E-state index contributed by atoms with van der Waals surface area (Å²) in [4.78, 5) is 0. The topological polar surface area (TPSA) is 50.9 Å². The third-order valence-electron chi connectivity index (χ3n) is 2.23. The van der Waals surface area contributed by atoms with Crippen molar-refractivity contribution in [2.45, 2.75) is 13.0 Å². The minimum absolute atomic E-state index is 0.171. The van der Waals surface area contributed by atoms with E-state index in [-0.39, 0.29) is 6.61 Å². The molecule has 0 saturated heterocycles. The van der Waals surface area contributed by atoms with Gasteiger partial charge in [0.15, 0.2) is 0 Å². The number of aryl methyl sites for hydroxylation is 1. The highest BCUT2D eigenvalue weighted by molar-refractivity contribution is 9.10. The van der Waals surface area contributed by atoms with Crippen LogP contribution < -0.4 is 0 Å². The molecule has 0 radical (unpaired) electrons. The summed E-state index contributed by atoms with van der Waals surface area (Å²) in [6.45, 7) is 0.859. The van der Waals surface area contributed by atoms with Gasteiger partial charge < -0.3 is 5.11 Å². The van der Waals surface area contributed by atoms with Gasteiger partial charge in [0, 0.05) is 23.2 Å². The summed E-state index contributed by atoms with van der Waals surface area (Å²) in [5.74, 6) is 0. The van der Waals surface area contributed by atoms with Crippen LogP contribution in [0, 0.1) is 0 Å². The van der Waals surface area contributed by atoms with E-state index < -0.39 is 0 Å². The van der Waals surface area contributed by atoms with Crippen molar-refractivity contribution in [1.82, 2.24) is 15.0 Å². The number of nitrogens with zero attached hydrogens (tertiary/aromatic N) is 3. The average Bonchev–Trinajstić information content (AvgIpc) is 2.75. The van der Waals surface area contributed by atoms with Gasteiger partial charge in [0.25, 0.3) is 0 Å². The molecule has 0 aliphatic rings. The van der Waals surface area contributed by atoms with E-state index in [1.54, 1.807) is 4.68 Å². The smallest absolute Gasteiger partial charge is 0.114 e. The molecule has 1 aromatic carbocycles. The number of hydrogen-bond donors (Lipinski definition) is 1. The first kappa shape index (κ1) is 11.3. The second kappa shape index (κ2) is 5.23. The van der Waals surface area contributed by atoms with Gasteiger partial charge in [0.2, 0.25) is 0 Å². The number of hydrogen-bond acceptors (Lipinski definition) is 3. The summed E-state index contributed by atoms with van der Waals surface area (Å²) in [5, 5.41) is 16.8. The minimum atomic E-state index is 0.171. The number of benzene rings is 1. The fraction of sp³-hybridized carbons (Fsp3) is 0.273. The largest absolute Gasteiger partial charge is 0.396 e. The molecule has 1 N–H and O–H groups in total. The maximum Gasteiger partial charge on any atom is 0.114 e. The molecule has 2 aromatic rings. The van der Waals surface area contributed by atoms with Crippen molar-refractivity contribution >= 4 is 15.9 Å². The van der Waals surface area contributed by atoms with Crippen LogP contribution in [-0.2, 0) is 6.54 Å². The summed E-state index contributed by atoms with van der Waals surface area (Å²) in [6, 6.07) is 7.89. The van der Waals surface area contributed by atoms with Gasteiger partial charge in [-0.25, -0.2) is 0 Å². The highest BCUT2D eigenvalue weighted by atomic mass is 79.9. The summed E-state index contributed by atoms with van der Waals surface area (Å²) < 4.78 is 2.74. The molecule has 0 aliphatic carbocycles. The first-order valence-corrected chi connectivity index (χ1v) is 5.86. The van der Waals surface area contributed by atoms with Crippen molar-refractivity contribution in [2.75, 3.05) is 6.61 Å². The van der Waals surface area contributed by atoms with E-state index in [1.807, 2.05) is 30.5 Å². The monoisotopic (exact) mass is 281 g/mol. The molecule has 16 heavy (non-hydrogen) atoms. The molecule has 84 valence electrons. The van der Waals surface area contributed by atoms with Crippen molar-refractivity contribution in [3.8, 4) is 11.3 Å². The van der Waals surface area contributed by atoms with Gasteiger partial charge >= 0.3 is 0 Å². The van der Waals surface area contributed by atoms with E-state index >= 15 is 0 Å². The predicted octanol–water partition coefficient (Wildman–Crippen LogP) is 2.09. The number of aliphatic hydroxyl groups excluding tert-OH is 1. The Hall–Kier alpha value is -1.20. The van der Waals surface area contributed by atoms with Gasteiger partial charge in [-0.1, -0.05) is 39.3 Å². The van der Waals surface area contributed by atoms with E-state index in [2.05, 4.69) is 26.2 Å². The Balaban J connectivity index is 2.22. The van der Waals surface area contributed by atoms with Crippen LogP contribution in [0.1, 0.15) is 6.42 Å². The normalized spacial score (nSPS) is 10.6. The molecular formula is C11H12BrN3O. The SMILES string of the molecule is OCCCn1cc(-c2ccccc2Br)nn1.